The molecule has 0 spiro atoms. The van der Waals surface area contributed by atoms with E-state index in [1.807, 2.05) is 0 Å². The largest absolute Gasteiger partial charge is 0.481 e. The van der Waals surface area contributed by atoms with Gasteiger partial charge in [0.2, 0.25) is 0 Å². The van der Waals surface area contributed by atoms with Gasteiger partial charge < -0.3 is 14.9 Å². The van der Waals surface area contributed by atoms with Crippen LogP contribution in [0.5, 0.6) is 0 Å². The first kappa shape index (κ1) is 18.9. The molecule has 1 aromatic rings. The zero-order chi connectivity index (χ0) is 17.2. The number of aliphatic carboxylic acids is 1. The maximum absolute atomic E-state index is 10.5. The van der Waals surface area contributed by atoms with Crippen LogP contribution in [0.3, 0.4) is 0 Å². The molecule has 1 aliphatic rings. The monoisotopic (exact) mass is 333 g/mol. The minimum Gasteiger partial charge on any atom is -0.481 e. The summed E-state index contributed by atoms with van der Waals surface area (Å²) in [6.45, 7) is 8.71. The third kappa shape index (κ3) is 7.43. The van der Waals surface area contributed by atoms with Crippen LogP contribution in [-0.4, -0.2) is 78.6 Å². The number of unbranched alkanes of at least 4 members (excludes halogenated alkanes) is 1. The Morgan fingerprint density at radius 1 is 1.04 bits per heavy atom. The Hall–Kier alpha value is -1.43. The fourth-order valence-electron chi connectivity index (χ4n) is 3.13. The third-order valence-electron chi connectivity index (χ3n) is 4.67. The highest BCUT2D eigenvalue weighted by Gasteiger charge is 2.16. The van der Waals surface area contributed by atoms with E-state index in [1.165, 1.54) is 5.56 Å². The molecule has 5 heteroatoms. The van der Waals surface area contributed by atoms with Crippen molar-refractivity contribution in [2.75, 3.05) is 52.9 Å². The van der Waals surface area contributed by atoms with E-state index in [9.17, 15) is 4.79 Å². The molecule has 0 unspecified atom stereocenters. The van der Waals surface area contributed by atoms with Crippen molar-refractivity contribution in [3.8, 4) is 0 Å². The molecular formula is C19H31N3O2. The Bertz CT molecular complexity index is 473. The topological polar surface area (TPSA) is 47.0 Å². The maximum Gasteiger partial charge on any atom is 0.303 e. The molecule has 0 aromatic heterocycles. The summed E-state index contributed by atoms with van der Waals surface area (Å²) in [6.07, 6.45) is 2.08. The van der Waals surface area contributed by atoms with E-state index in [2.05, 4.69) is 52.1 Å². The minimum absolute atomic E-state index is 0.299. The van der Waals surface area contributed by atoms with Crippen LogP contribution in [0.4, 0.5) is 0 Å². The van der Waals surface area contributed by atoms with Gasteiger partial charge in [0.25, 0.3) is 0 Å². The summed E-state index contributed by atoms with van der Waals surface area (Å²) in [7, 11) is 2.19. The van der Waals surface area contributed by atoms with Crippen LogP contribution in [0.15, 0.2) is 30.3 Å². The molecule has 134 valence electrons. The fraction of sp³-hybridized carbons (Fsp3) is 0.632. The Morgan fingerprint density at radius 2 is 1.67 bits per heavy atom. The number of likely N-dealkylation sites (N-methyl/N-ethyl adjacent to an activating group) is 1. The molecule has 24 heavy (non-hydrogen) atoms. The summed E-state index contributed by atoms with van der Waals surface area (Å²) in [4.78, 5) is 17.9. The summed E-state index contributed by atoms with van der Waals surface area (Å²) in [5, 5.41) is 8.66. The number of nitrogens with zero attached hydrogens (tertiary/aromatic N) is 3. The van der Waals surface area contributed by atoms with Crippen molar-refractivity contribution in [2.24, 2.45) is 0 Å². The summed E-state index contributed by atoms with van der Waals surface area (Å²) in [5.41, 5.74) is 1.37. The van der Waals surface area contributed by atoms with Crippen LogP contribution in [0.1, 0.15) is 24.8 Å². The normalized spacial score (nSPS) is 16.6. The fourth-order valence-corrected chi connectivity index (χ4v) is 3.13. The number of carboxylic acid groups (broad SMARTS) is 1. The molecule has 0 aliphatic carbocycles. The second-order valence-corrected chi connectivity index (χ2v) is 6.76. The van der Waals surface area contributed by atoms with E-state index in [0.717, 1.165) is 65.2 Å². The van der Waals surface area contributed by atoms with Crippen molar-refractivity contribution in [1.29, 1.82) is 0 Å². The Labute approximate surface area is 145 Å². The number of carbonyl (C=O) groups is 1. The van der Waals surface area contributed by atoms with Crippen molar-refractivity contribution < 1.29 is 9.90 Å². The van der Waals surface area contributed by atoms with Crippen molar-refractivity contribution in [3.05, 3.63) is 35.9 Å². The predicted molar refractivity (Wildman–Crippen MR) is 97.1 cm³/mol. The quantitative estimate of drug-likeness (QED) is 0.664. The van der Waals surface area contributed by atoms with E-state index in [0.29, 0.717) is 6.42 Å². The first-order valence-electron chi connectivity index (χ1n) is 9.02. The Balaban J connectivity index is 1.55. The lowest BCUT2D eigenvalue weighted by molar-refractivity contribution is -0.137. The molecule has 0 atom stereocenters. The highest BCUT2D eigenvalue weighted by atomic mass is 16.4. The van der Waals surface area contributed by atoms with Gasteiger partial charge in [-0.1, -0.05) is 30.3 Å². The second-order valence-electron chi connectivity index (χ2n) is 6.76. The number of carboxylic acids is 1. The van der Waals surface area contributed by atoms with Gasteiger partial charge in [-0.3, -0.25) is 9.69 Å². The predicted octanol–water partition coefficient (Wildman–Crippen LogP) is 1.99. The Morgan fingerprint density at radius 3 is 2.29 bits per heavy atom. The Kier molecular flexibility index (Phi) is 8.22. The van der Waals surface area contributed by atoms with Crippen molar-refractivity contribution >= 4 is 5.97 Å². The molecule has 1 saturated heterocycles. The van der Waals surface area contributed by atoms with Gasteiger partial charge in [-0.2, -0.15) is 0 Å². The third-order valence-corrected chi connectivity index (χ3v) is 4.67. The van der Waals surface area contributed by atoms with E-state index < -0.39 is 5.97 Å². The minimum atomic E-state index is -0.681. The van der Waals surface area contributed by atoms with Gasteiger partial charge >= 0.3 is 5.97 Å². The molecular weight excluding hydrogens is 302 g/mol. The first-order chi connectivity index (χ1) is 11.6. The van der Waals surface area contributed by atoms with Gasteiger partial charge in [0.1, 0.15) is 0 Å². The molecule has 1 N–H and O–H groups in total. The zero-order valence-corrected chi connectivity index (χ0v) is 14.9. The number of rotatable bonds is 10. The van der Waals surface area contributed by atoms with Gasteiger partial charge in [-0.15, -0.1) is 0 Å². The summed E-state index contributed by atoms with van der Waals surface area (Å²) < 4.78 is 0. The van der Waals surface area contributed by atoms with Crippen LogP contribution in [-0.2, 0) is 11.3 Å². The van der Waals surface area contributed by atoms with Crippen LogP contribution < -0.4 is 0 Å². The van der Waals surface area contributed by atoms with Crippen molar-refractivity contribution in [2.45, 2.75) is 25.8 Å². The molecule has 0 amide bonds. The second kappa shape index (κ2) is 10.4. The van der Waals surface area contributed by atoms with Gasteiger partial charge in [0.05, 0.1) is 0 Å². The highest BCUT2D eigenvalue weighted by molar-refractivity contribution is 5.66. The smallest absolute Gasteiger partial charge is 0.303 e. The average Bonchev–Trinajstić information content (AvgIpc) is 2.59. The number of hydrogen-bond donors (Lipinski definition) is 1. The van der Waals surface area contributed by atoms with Crippen LogP contribution in [0, 0.1) is 0 Å². The molecule has 0 radical (unpaired) electrons. The van der Waals surface area contributed by atoms with Crippen LogP contribution in [0.25, 0.3) is 0 Å². The molecule has 0 saturated carbocycles. The van der Waals surface area contributed by atoms with Crippen LogP contribution in [0.2, 0.25) is 0 Å². The van der Waals surface area contributed by atoms with Gasteiger partial charge in [0.15, 0.2) is 0 Å². The molecule has 1 heterocycles. The first-order valence-corrected chi connectivity index (χ1v) is 9.02. The molecule has 1 aromatic carbocycles. The zero-order valence-electron chi connectivity index (χ0n) is 14.9. The maximum atomic E-state index is 10.5. The number of hydrogen-bond acceptors (Lipinski definition) is 4. The summed E-state index contributed by atoms with van der Waals surface area (Å²) >= 11 is 0. The lowest BCUT2D eigenvalue weighted by atomic mass is 10.2. The lowest BCUT2D eigenvalue weighted by Gasteiger charge is -2.35. The van der Waals surface area contributed by atoms with E-state index in [-0.39, 0.29) is 0 Å². The number of benzene rings is 1. The SMILES string of the molecule is CN(CCN1CCN(CCCCC(=O)O)CC1)Cc1ccccc1. The summed E-state index contributed by atoms with van der Waals surface area (Å²) in [6, 6.07) is 10.6. The molecule has 1 fully saturated rings. The lowest BCUT2D eigenvalue weighted by Crippen LogP contribution is -2.48. The molecule has 5 nitrogen and oxygen atoms in total. The molecule has 2 rings (SSSR count). The molecule has 1 aliphatic heterocycles. The van der Waals surface area contributed by atoms with E-state index in [1.54, 1.807) is 0 Å². The molecule has 0 bridgehead atoms. The van der Waals surface area contributed by atoms with E-state index >= 15 is 0 Å². The van der Waals surface area contributed by atoms with Crippen LogP contribution >= 0.6 is 0 Å². The highest BCUT2D eigenvalue weighted by Crippen LogP contribution is 2.06. The summed E-state index contributed by atoms with van der Waals surface area (Å²) in [5.74, 6) is -0.681. The standard InChI is InChI=1S/C19H31N3O2/c1-20(17-18-7-3-2-4-8-18)11-12-22-15-13-21(14-16-22)10-6-5-9-19(23)24/h2-4,7-8H,5-6,9-17H2,1H3,(H,23,24). The van der Waals surface area contributed by atoms with E-state index in [4.69, 9.17) is 5.11 Å². The average molecular weight is 333 g/mol. The van der Waals surface area contributed by atoms with Gasteiger partial charge in [-0.25, -0.2) is 0 Å². The van der Waals surface area contributed by atoms with Crippen molar-refractivity contribution in [3.63, 3.8) is 0 Å². The van der Waals surface area contributed by atoms with Gasteiger partial charge in [0, 0.05) is 52.2 Å². The van der Waals surface area contributed by atoms with Crippen molar-refractivity contribution in [1.82, 2.24) is 14.7 Å². The van der Waals surface area contributed by atoms with Gasteiger partial charge in [-0.05, 0) is 32.0 Å². The number of piperazine rings is 1.